The maximum absolute atomic E-state index is 12.6. The van der Waals surface area contributed by atoms with Crippen LogP contribution < -0.4 is 10.0 Å². The van der Waals surface area contributed by atoms with Gasteiger partial charge >= 0.3 is 6.18 Å². The van der Waals surface area contributed by atoms with Gasteiger partial charge in [-0.25, -0.2) is 21.6 Å². The van der Waals surface area contributed by atoms with Crippen LogP contribution in [0.2, 0.25) is 0 Å². The van der Waals surface area contributed by atoms with E-state index in [2.05, 4.69) is 10.0 Å². The van der Waals surface area contributed by atoms with Crippen molar-refractivity contribution in [1.82, 2.24) is 4.72 Å². The molecule has 0 aliphatic carbocycles. The SMILES string of the molecule is CC(CCC(F)(F)F)NS(=O)(=O)c1ccc(C#N)c(NCc2ccc(S(C)(=O)=O)cc2)c1. The number of sulfonamides is 1. The molecule has 2 rings (SSSR count). The van der Waals surface area contributed by atoms with Gasteiger partial charge in [0.1, 0.15) is 6.07 Å². The monoisotopic (exact) mass is 489 g/mol. The topological polar surface area (TPSA) is 116 Å². The van der Waals surface area contributed by atoms with E-state index in [0.717, 1.165) is 6.26 Å². The highest BCUT2D eigenvalue weighted by atomic mass is 32.2. The van der Waals surface area contributed by atoms with Crippen LogP contribution >= 0.6 is 0 Å². The average Bonchev–Trinajstić information content (AvgIpc) is 2.69. The first-order chi connectivity index (χ1) is 14.7. The number of nitrogens with zero attached hydrogens (tertiary/aromatic N) is 1. The highest BCUT2D eigenvalue weighted by Crippen LogP contribution is 2.24. The van der Waals surface area contributed by atoms with E-state index in [1.807, 2.05) is 6.07 Å². The highest BCUT2D eigenvalue weighted by molar-refractivity contribution is 7.90. The van der Waals surface area contributed by atoms with Crippen molar-refractivity contribution in [3.05, 3.63) is 53.6 Å². The summed E-state index contributed by atoms with van der Waals surface area (Å²) in [7, 11) is -7.45. The Kier molecular flexibility index (Phi) is 7.92. The second kappa shape index (κ2) is 9.89. The summed E-state index contributed by atoms with van der Waals surface area (Å²) in [5.41, 5.74) is 1.07. The molecule has 2 aromatic carbocycles. The van der Waals surface area contributed by atoms with Gasteiger partial charge in [0, 0.05) is 25.3 Å². The Hall–Kier alpha value is -2.62. The van der Waals surface area contributed by atoms with Crippen molar-refractivity contribution in [2.45, 2.75) is 48.3 Å². The normalized spacial score (nSPS) is 13.4. The summed E-state index contributed by atoms with van der Waals surface area (Å²) in [6.07, 6.45) is -4.82. The number of hydrogen-bond acceptors (Lipinski definition) is 6. The first-order valence-electron chi connectivity index (χ1n) is 9.37. The van der Waals surface area contributed by atoms with Gasteiger partial charge in [-0.2, -0.15) is 18.4 Å². The van der Waals surface area contributed by atoms with E-state index in [1.54, 1.807) is 12.1 Å². The lowest BCUT2D eigenvalue weighted by molar-refractivity contribution is -0.136. The molecular formula is C20H22F3N3O4S2. The summed E-state index contributed by atoms with van der Waals surface area (Å²) in [6.45, 7) is 1.52. The minimum absolute atomic E-state index is 0.151. The largest absolute Gasteiger partial charge is 0.389 e. The zero-order valence-electron chi connectivity index (χ0n) is 17.3. The summed E-state index contributed by atoms with van der Waals surface area (Å²) in [5.74, 6) is 0. The Bertz CT molecular complexity index is 1200. The molecule has 0 bridgehead atoms. The Morgan fingerprint density at radius 2 is 1.62 bits per heavy atom. The van der Waals surface area contributed by atoms with E-state index in [-0.39, 0.29) is 27.6 Å². The number of anilines is 1. The van der Waals surface area contributed by atoms with E-state index in [9.17, 15) is 35.3 Å². The lowest BCUT2D eigenvalue weighted by atomic mass is 10.1. The molecule has 1 atom stereocenters. The van der Waals surface area contributed by atoms with Crippen LogP contribution in [0.25, 0.3) is 0 Å². The molecule has 0 aliphatic heterocycles. The van der Waals surface area contributed by atoms with Crippen LogP contribution in [0.3, 0.4) is 0 Å². The first kappa shape index (κ1) is 25.6. The van der Waals surface area contributed by atoms with E-state index < -0.39 is 44.9 Å². The second-order valence-electron chi connectivity index (χ2n) is 7.27. The van der Waals surface area contributed by atoms with Gasteiger partial charge in [-0.15, -0.1) is 0 Å². The lowest BCUT2D eigenvalue weighted by Gasteiger charge is -2.16. The quantitative estimate of drug-likeness (QED) is 0.556. The number of halogens is 3. The molecule has 0 spiro atoms. The summed E-state index contributed by atoms with van der Waals surface area (Å²) in [4.78, 5) is -0.0527. The van der Waals surface area contributed by atoms with Crippen LogP contribution in [0.5, 0.6) is 0 Å². The molecule has 0 fully saturated rings. The third-order valence-corrected chi connectivity index (χ3v) is 7.19. The van der Waals surface area contributed by atoms with Crippen LogP contribution in [0.4, 0.5) is 18.9 Å². The van der Waals surface area contributed by atoms with Crippen LogP contribution in [0, 0.1) is 11.3 Å². The second-order valence-corrected chi connectivity index (χ2v) is 11.0. The van der Waals surface area contributed by atoms with Gasteiger partial charge in [0.2, 0.25) is 10.0 Å². The van der Waals surface area contributed by atoms with Crippen molar-refractivity contribution in [2.75, 3.05) is 11.6 Å². The van der Waals surface area contributed by atoms with Crippen molar-refractivity contribution in [1.29, 1.82) is 5.26 Å². The van der Waals surface area contributed by atoms with Crippen molar-refractivity contribution in [2.24, 2.45) is 0 Å². The van der Waals surface area contributed by atoms with Crippen LogP contribution in [-0.2, 0) is 26.4 Å². The molecule has 0 saturated heterocycles. The van der Waals surface area contributed by atoms with Gasteiger partial charge in [-0.1, -0.05) is 12.1 Å². The standard InChI is InChI=1S/C20H22F3N3O4S2/c1-14(9-10-20(21,22)23)26-32(29,30)18-8-5-16(12-24)19(11-18)25-13-15-3-6-17(7-4-15)31(2,27)28/h3-8,11,14,25-26H,9-10,13H2,1-2H3. The molecule has 0 aromatic heterocycles. The minimum Gasteiger partial charge on any atom is -0.380 e. The Labute approximate surface area is 185 Å². The first-order valence-corrected chi connectivity index (χ1v) is 12.7. The fraction of sp³-hybridized carbons (Fsp3) is 0.350. The number of hydrogen-bond donors (Lipinski definition) is 2. The van der Waals surface area contributed by atoms with E-state index in [4.69, 9.17) is 0 Å². The molecule has 0 radical (unpaired) electrons. The van der Waals surface area contributed by atoms with Gasteiger partial charge in [-0.05, 0) is 49.2 Å². The molecule has 7 nitrogen and oxygen atoms in total. The fourth-order valence-corrected chi connectivity index (χ4v) is 4.69. The molecular weight excluding hydrogens is 467 g/mol. The van der Waals surface area contributed by atoms with Crippen LogP contribution in [0.1, 0.15) is 30.9 Å². The highest BCUT2D eigenvalue weighted by Gasteiger charge is 2.28. The molecule has 0 saturated carbocycles. The number of nitrogens with one attached hydrogen (secondary N) is 2. The maximum atomic E-state index is 12.6. The summed E-state index contributed by atoms with van der Waals surface area (Å²) in [5, 5.41) is 12.2. The third kappa shape index (κ3) is 7.51. The smallest absolute Gasteiger partial charge is 0.380 e. The third-order valence-electron chi connectivity index (χ3n) is 4.47. The Morgan fingerprint density at radius 3 is 2.16 bits per heavy atom. The van der Waals surface area contributed by atoms with Crippen molar-refractivity contribution < 1.29 is 30.0 Å². The van der Waals surface area contributed by atoms with Crippen molar-refractivity contribution in [3.8, 4) is 6.07 Å². The summed E-state index contributed by atoms with van der Waals surface area (Å²) >= 11 is 0. The Morgan fingerprint density at radius 1 is 1.03 bits per heavy atom. The van der Waals surface area contributed by atoms with Gasteiger partial charge in [0.15, 0.2) is 9.84 Å². The van der Waals surface area contributed by atoms with Gasteiger partial charge in [0.25, 0.3) is 0 Å². The van der Waals surface area contributed by atoms with E-state index in [1.165, 1.54) is 37.3 Å². The number of rotatable bonds is 9. The zero-order chi connectivity index (χ0) is 24.2. The zero-order valence-corrected chi connectivity index (χ0v) is 18.9. The van der Waals surface area contributed by atoms with E-state index in [0.29, 0.717) is 5.56 Å². The molecule has 174 valence electrons. The fourth-order valence-electron chi connectivity index (χ4n) is 2.76. The number of benzene rings is 2. The molecule has 2 N–H and O–H groups in total. The molecule has 0 heterocycles. The summed E-state index contributed by atoms with van der Waals surface area (Å²) in [6, 6.07) is 10.7. The number of alkyl halides is 3. The van der Waals surface area contributed by atoms with Gasteiger partial charge in [-0.3, -0.25) is 0 Å². The molecule has 0 aliphatic rings. The molecule has 32 heavy (non-hydrogen) atoms. The predicted octanol–water partition coefficient (Wildman–Crippen LogP) is 3.58. The van der Waals surface area contributed by atoms with Gasteiger partial charge in [0.05, 0.1) is 21.0 Å². The van der Waals surface area contributed by atoms with Crippen molar-refractivity contribution in [3.63, 3.8) is 0 Å². The summed E-state index contributed by atoms with van der Waals surface area (Å²) < 4.78 is 87.5. The molecule has 2 aromatic rings. The lowest BCUT2D eigenvalue weighted by Crippen LogP contribution is -2.33. The van der Waals surface area contributed by atoms with Crippen LogP contribution in [0.15, 0.2) is 52.3 Å². The number of sulfone groups is 1. The Balaban J connectivity index is 2.17. The van der Waals surface area contributed by atoms with Gasteiger partial charge < -0.3 is 5.32 Å². The van der Waals surface area contributed by atoms with Crippen LogP contribution in [-0.4, -0.2) is 35.3 Å². The predicted molar refractivity (Wildman–Crippen MR) is 113 cm³/mol. The molecule has 12 heteroatoms. The molecule has 0 amide bonds. The number of nitriles is 1. The maximum Gasteiger partial charge on any atom is 0.389 e. The minimum atomic E-state index is -4.38. The average molecular weight is 490 g/mol. The molecule has 1 unspecified atom stereocenters. The van der Waals surface area contributed by atoms with E-state index >= 15 is 0 Å². The van der Waals surface area contributed by atoms with Crippen molar-refractivity contribution >= 4 is 25.5 Å².